The van der Waals surface area contributed by atoms with Crippen LogP contribution >= 0.6 is 0 Å². The Bertz CT molecular complexity index is 461. The van der Waals surface area contributed by atoms with Gasteiger partial charge in [0.15, 0.2) is 0 Å². The number of ether oxygens (including phenoxy) is 2. The zero-order valence-corrected chi connectivity index (χ0v) is 10.7. The molecule has 1 heterocycles. The predicted octanol–water partition coefficient (Wildman–Crippen LogP) is 1.54. The molecule has 0 saturated carbocycles. The number of nitrogens with two attached hydrogens (primary N) is 1. The molecule has 3 N–H and O–H groups in total. The zero-order chi connectivity index (χ0) is 13.8. The Hall–Kier alpha value is -1.66. The number of carbonyl (C=O) groups excluding carboxylic acids is 1. The van der Waals surface area contributed by atoms with Crippen LogP contribution in [-0.2, 0) is 14.3 Å². The second kappa shape index (κ2) is 5.99. The van der Waals surface area contributed by atoms with Crippen LogP contribution in [0.4, 0.5) is 15.8 Å². The van der Waals surface area contributed by atoms with E-state index in [9.17, 15) is 9.18 Å². The van der Waals surface area contributed by atoms with E-state index in [2.05, 4.69) is 5.32 Å². The molecule has 0 aliphatic carbocycles. The van der Waals surface area contributed by atoms with Gasteiger partial charge in [-0.05, 0) is 31.5 Å². The maximum atomic E-state index is 13.5. The predicted molar refractivity (Wildman–Crippen MR) is 69.2 cm³/mol. The summed E-state index contributed by atoms with van der Waals surface area (Å²) >= 11 is 0. The third kappa shape index (κ3) is 3.65. The van der Waals surface area contributed by atoms with Crippen LogP contribution in [0.2, 0.25) is 0 Å². The highest BCUT2D eigenvalue weighted by molar-refractivity contribution is 5.94. The second-order valence-corrected chi connectivity index (χ2v) is 4.49. The summed E-state index contributed by atoms with van der Waals surface area (Å²) in [6.45, 7) is 2.75. The molecule has 5 nitrogen and oxygen atoms in total. The molecule has 0 spiro atoms. The average Bonchev–Trinajstić information content (AvgIpc) is 2.86. The lowest BCUT2D eigenvalue weighted by Crippen LogP contribution is -2.32. The minimum absolute atomic E-state index is 0.0584. The Morgan fingerprint density at radius 1 is 1.63 bits per heavy atom. The van der Waals surface area contributed by atoms with E-state index in [1.807, 2.05) is 0 Å². The van der Waals surface area contributed by atoms with Crippen molar-refractivity contribution in [1.29, 1.82) is 0 Å². The minimum atomic E-state index is -0.674. The highest BCUT2D eigenvalue weighted by Crippen LogP contribution is 2.18. The van der Waals surface area contributed by atoms with Gasteiger partial charge in [-0.2, -0.15) is 0 Å². The largest absolute Gasteiger partial charge is 0.399 e. The van der Waals surface area contributed by atoms with Crippen molar-refractivity contribution in [3.63, 3.8) is 0 Å². The summed E-state index contributed by atoms with van der Waals surface area (Å²) in [5.41, 5.74) is 5.99. The topological polar surface area (TPSA) is 73.6 Å². The molecular weight excluding hydrogens is 251 g/mol. The Morgan fingerprint density at radius 2 is 2.42 bits per heavy atom. The number of nitrogen functional groups attached to an aromatic ring is 1. The van der Waals surface area contributed by atoms with E-state index in [1.54, 1.807) is 6.92 Å². The van der Waals surface area contributed by atoms with Gasteiger partial charge in [0.2, 0.25) is 0 Å². The third-order valence-corrected chi connectivity index (χ3v) is 2.90. The minimum Gasteiger partial charge on any atom is -0.399 e. The molecule has 1 fully saturated rings. The molecule has 19 heavy (non-hydrogen) atoms. The first-order chi connectivity index (χ1) is 9.06. The van der Waals surface area contributed by atoms with Gasteiger partial charge in [0.25, 0.3) is 5.91 Å². The van der Waals surface area contributed by atoms with Gasteiger partial charge in [0, 0.05) is 12.3 Å². The molecule has 2 atom stereocenters. The molecule has 0 radical (unpaired) electrons. The lowest BCUT2D eigenvalue weighted by molar-refractivity contribution is -0.129. The number of benzene rings is 1. The van der Waals surface area contributed by atoms with Crippen molar-refractivity contribution in [3.8, 4) is 0 Å². The van der Waals surface area contributed by atoms with Gasteiger partial charge < -0.3 is 20.5 Å². The molecule has 2 rings (SSSR count). The first-order valence-electron chi connectivity index (χ1n) is 6.15. The van der Waals surface area contributed by atoms with Gasteiger partial charge in [-0.15, -0.1) is 0 Å². The molecule has 1 aliphatic heterocycles. The monoisotopic (exact) mass is 268 g/mol. The quantitative estimate of drug-likeness (QED) is 0.812. The summed E-state index contributed by atoms with van der Waals surface area (Å²) in [5, 5.41) is 2.46. The fourth-order valence-electron chi connectivity index (χ4n) is 1.84. The SMILES string of the molecule is CC(OC1CCOC1)C(=O)Nc1cc(N)ccc1F. The van der Waals surface area contributed by atoms with E-state index in [0.717, 1.165) is 6.42 Å². The molecule has 0 bridgehead atoms. The van der Waals surface area contributed by atoms with Crippen LogP contribution in [0.25, 0.3) is 0 Å². The van der Waals surface area contributed by atoms with Gasteiger partial charge in [-0.25, -0.2) is 4.39 Å². The van der Waals surface area contributed by atoms with Gasteiger partial charge in [0.05, 0.1) is 18.4 Å². The molecule has 2 unspecified atom stereocenters. The highest BCUT2D eigenvalue weighted by atomic mass is 19.1. The van der Waals surface area contributed by atoms with Crippen LogP contribution in [0.15, 0.2) is 18.2 Å². The lowest BCUT2D eigenvalue weighted by Gasteiger charge is -2.17. The first-order valence-corrected chi connectivity index (χ1v) is 6.15. The Labute approximate surface area is 110 Å². The van der Waals surface area contributed by atoms with Crippen molar-refractivity contribution in [3.05, 3.63) is 24.0 Å². The number of carbonyl (C=O) groups is 1. The van der Waals surface area contributed by atoms with Crippen molar-refractivity contribution >= 4 is 17.3 Å². The van der Waals surface area contributed by atoms with Crippen LogP contribution in [0.1, 0.15) is 13.3 Å². The molecule has 1 amide bonds. The number of anilines is 2. The summed E-state index contributed by atoms with van der Waals surface area (Å²) in [7, 11) is 0. The molecule has 1 aromatic carbocycles. The van der Waals surface area contributed by atoms with Gasteiger partial charge in [-0.3, -0.25) is 4.79 Å². The van der Waals surface area contributed by atoms with Crippen molar-refractivity contribution in [2.24, 2.45) is 0 Å². The normalized spacial score (nSPS) is 20.2. The number of rotatable bonds is 4. The van der Waals surface area contributed by atoms with Crippen LogP contribution in [-0.4, -0.2) is 31.3 Å². The van der Waals surface area contributed by atoms with Crippen LogP contribution in [0.5, 0.6) is 0 Å². The molecule has 1 saturated heterocycles. The Kier molecular flexibility index (Phi) is 4.34. The van der Waals surface area contributed by atoms with E-state index >= 15 is 0 Å². The Balaban J connectivity index is 1.93. The van der Waals surface area contributed by atoms with Crippen LogP contribution in [0.3, 0.4) is 0 Å². The molecule has 104 valence electrons. The summed E-state index contributed by atoms with van der Waals surface area (Å²) in [6, 6.07) is 4.01. The van der Waals surface area contributed by atoms with Crippen LogP contribution < -0.4 is 11.1 Å². The lowest BCUT2D eigenvalue weighted by atomic mass is 10.2. The van der Waals surface area contributed by atoms with E-state index in [4.69, 9.17) is 15.2 Å². The van der Waals surface area contributed by atoms with E-state index in [1.165, 1.54) is 18.2 Å². The summed E-state index contributed by atoms with van der Waals surface area (Å²) < 4.78 is 24.1. The number of nitrogens with one attached hydrogen (secondary N) is 1. The highest BCUT2D eigenvalue weighted by Gasteiger charge is 2.23. The van der Waals surface area contributed by atoms with E-state index in [-0.39, 0.29) is 11.8 Å². The fourth-order valence-corrected chi connectivity index (χ4v) is 1.84. The number of halogens is 1. The maximum Gasteiger partial charge on any atom is 0.253 e. The number of hydrogen-bond donors (Lipinski definition) is 2. The molecule has 0 aromatic heterocycles. The van der Waals surface area contributed by atoms with Crippen LogP contribution in [0, 0.1) is 5.82 Å². The van der Waals surface area contributed by atoms with Crippen molar-refractivity contribution in [2.45, 2.75) is 25.6 Å². The third-order valence-electron chi connectivity index (χ3n) is 2.90. The van der Waals surface area contributed by atoms with Gasteiger partial charge in [0.1, 0.15) is 11.9 Å². The Morgan fingerprint density at radius 3 is 3.11 bits per heavy atom. The van der Waals surface area contributed by atoms with E-state index < -0.39 is 17.8 Å². The second-order valence-electron chi connectivity index (χ2n) is 4.49. The van der Waals surface area contributed by atoms with Crippen molar-refractivity contribution in [2.75, 3.05) is 24.3 Å². The molecular formula is C13H17FN2O3. The summed E-state index contributed by atoms with van der Waals surface area (Å²) in [6.07, 6.45) is 0.0172. The zero-order valence-electron chi connectivity index (χ0n) is 10.7. The van der Waals surface area contributed by atoms with Gasteiger partial charge >= 0.3 is 0 Å². The van der Waals surface area contributed by atoms with Gasteiger partial charge in [-0.1, -0.05) is 0 Å². The first kappa shape index (κ1) is 13.8. The molecule has 6 heteroatoms. The smallest absolute Gasteiger partial charge is 0.253 e. The fraction of sp³-hybridized carbons (Fsp3) is 0.462. The maximum absolute atomic E-state index is 13.5. The van der Waals surface area contributed by atoms with Crippen molar-refractivity contribution < 1.29 is 18.7 Å². The standard InChI is InChI=1S/C13H17FN2O3/c1-8(19-10-4-5-18-7-10)13(17)16-12-6-9(15)2-3-11(12)14/h2-3,6,8,10H,4-5,7,15H2,1H3,(H,16,17). The number of hydrogen-bond acceptors (Lipinski definition) is 4. The van der Waals surface area contributed by atoms with E-state index in [0.29, 0.717) is 18.9 Å². The summed E-state index contributed by atoms with van der Waals surface area (Å²) in [5.74, 6) is -0.935. The average molecular weight is 268 g/mol. The van der Waals surface area contributed by atoms with Crippen molar-refractivity contribution in [1.82, 2.24) is 0 Å². The molecule has 1 aromatic rings. The number of amides is 1. The molecule has 1 aliphatic rings. The summed E-state index contributed by atoms with van der Waals surface area (Å²) in [4.78, 5) is 11.9.